The van der Waals surface area contributed by atoms with Crippen molar-refractivity contribution >= 4 is 39.2 Å². The van der Waals surface area contributed by atoms with Crippen LogP contribution in [0.2, 0.25) is 0 Å². The van der Waals surface area contributed by atoms with Crippen molar-refractivity contribution in [1.82, 2.24) is 0 Å². The second-order valence-electron chi connectivity index (χ2n) is 4.47. The molecule has 1 aromatic rings. The summed E-state index contributed by atoms with van der Waals surface area (Å²) in [4.78, 5) is 26.2. The number of hydrogen-bond donors (Lipinski definition) is 1. The van der Waals surface area contributed by atoms with Crippen LogP contribution in [-0.2, 0) is 9.59 Å². The monoisotopic (exact) mass is 326 g/mol. The van der Waals surface area contributed by atoms with E-state index in [0.717, 1.165) is 15.8 Å². The van der Waals surface area contributed by atoms with Crippen LogP contribution in [0.5, 0.6) is 0 Å². The van der Waals surface area contributed by atoms with E-state index >= 15 is 0 Å². The molecule has 2 rings (SSSR count). The zero-order valence-corrected chi connectivity index (χ0v) is 12.2. The summed E-state index contributed by atoms with van der Waals surface area (Å²) in [5, 5.41) is 8.81. The average Bonchev–Trinajstić information content (AvgIpc) is 2.47. The smallest absolute Gasteiger partial charge is 0.305 e. The van der Waals surface area contributed by atoms with Crippen LogP contribution in [0.1, 0.15) is 12.8 Å². The van der Waals surface area contributed by atoms with Gasteiger partial charge in [-0.05, 0) is 18.2 Å². The summed E-state index contributed by atoms with van der Waals surface area (Å²) in [5.74, 6) is -0.790. The van der Waals surface area contributed by atoms with E-state index in [2.05, 4.69) is 15.9 Å². The fraction of sp³-hybridized carbons (Fsp3) is 0.385. The molecule has 0 saturated carbocycles. The number of carboxylic acids is 1. The zero-order chi connectivity index (χ0) is 14.0. The predicted octanol–water partition coefficient (Wildman–Crippen LogP) is 2.10. The molecule has 19 heavy (non-hydrogen) atoms. The van der Waals surface area contributed by atoms with Crippen molar-refractivity contribution < 1.29 is 14.7 Å². The third kappa shape index (κ3) is 3.07. The normalized spacial score (nSPS) is 15.2. The number of halogens is 1. The lowest BCUT2D eigenvalue weighted by molar-refractivity contribution is -0.136. The third-order valence-electron chi connectivity index (χ3n) is 3.20. The van der Waals surface area contributed by atoms with E-state index in [-0.39, 0.29) is 12.3 Å². The zero-order valence-electron chi connectivity index (χ0n) is 10.6. The minimum atomic E-state index is -0.833. The second-order valence-corrected chi connectivity index (χ2v) is 5.38. The van der Waals surface area contributed by atoms with Crippen LogP contribution in [0.3, 0.4) is 0 Å². The van der Waals surface area contributed by atoms with Gasteiger partial charge < -0.3 is 14.9 Å². The number of carbonyl (C=O) groups is 2. The molecule has 0 saturated heterocycles. The molecule has 0 atom stereocenters. The van der Waals surface area contributed by atoms with Gasteiger partial charge in [0, 0.05) is 31.0 Å². The molecule has 0 bridgehead atoms. The van der Waals surface area contributed by atoms with E-state index in [4.69, 9.17) is 5.11 Å². The van der Waals surface area contributed by atoms with Gasteiger partial charge in [-0.3, -0.25) is 9.59 Å². The maximum absolute atomic E-state index is 11.9. The fourth-order valence-corrected chi connectivity index (χ4v) is 2.50. The van der Waals surface area contributed by atoms with E-state index in [1.807, 2.05) is 23.1 Å². The van der Waals surface area contributed by atoms with Crippen LogP contribution in [0, 0.1) is 0 Å². The van der Waals surface area contributed by atoms with Gasteiger partial charge in [0.15, 0.2) is 0 Å². The summed E-state index contributed by atoms with van der Waals surface area (Å²) in [6.07, 6.45) is 0.451. The molecule has 0 unspecified atom stereocenters. The molecule has 1 amide bonds. The number of amides is 1. The highest BCUT2D eigenvalue weighted by Gasteiger charge is 2.23. The molecule has 0 radical (unpaired) electrons. The number of aliphatic carboxylic acids is 1. The Morgan fingerprint density at radius 2 is 2.16 bits per heavy atom. The second kappa shape index (κ2) is 5.61. The molecule has 1 N–H and O–H groups in total. The van der Waals surface area contributed by atoms with Gasteiger partial charge >= 0.3 is 5.97 Å². The van der Waals surface area contributed by atoms with Gasteiger partial charge in [-0.15, -0.1) is 0 Å². The molecule has 0 fully saturated rings. The number of carboxylic acid groups (broad SMARTS) is 1. The summed E-state index contributed by atoms with van der Waals surface area (Å²) in [6, 6.07) is 5.67. The van der Waals surface area contributed by atoms with Crippen molar-refractivity contribution in [1.29, 1.82) is 0 Å². The topological polar surface area (TPSA) is 60.9 Å². The van der Waals surface area contributed by atoms with E-state index in [1.54, 1.807) is 11.9 Å². The number of anilines is 2. The number of hydrogen-bond acceptors (Lipinski definition) is 3. The molecular formula is C13H15BrN2O3. The van der Waals surface area contributed by atoms with E-state index in [9.17, 15) is 9.59 Å². The van der Waals surface area contributed by atoms with Crippen molar-refractivity contribution in [2.75, 3.05) is 29.9 Å². The molecule has 5 nitrogen and oxygen atoms in total. The summed E-state index contributed by atoms with van der Waals surface area (Å²) in [7, 11) is 1.75. The molecule has 0 aromatic heterocycles. The lowest BCUT2D eigenvalue weighted by Crippen LogP contribution is -2.27. The Balaban J connectivity index is 2.36. The van der Waals surface area contributed by atoms with Gasteiger partial charge in [-0.2, -0.15) is 0 Å². The van der Waals surface area contributed by atoms with Crippen LogP contribution < -0.4 is 9.80 Å². The van der Waals surface area contributed by atoms with Crippen molar-refractivity contribution in [2.24, 2.45) is 0 Å². The highest BCUT2D eigenvalue weighted by Crippen LogP contribution is 2.34. The standard InChI is InChI=1S/C13H15BrN2O3/c1-15-10-3-2-9(14)8-11(10)16(6-4-12(15)17)7-5-13(18)19/h2-3,8H,4-7H2,1H3,(H,18,19). The summed E-state index contributed by atoms with van der Waals surface area (Å²) < 4.78 is 0.911. The molecule has 1 aromatic carbocycles. The Bertz CT molecular complexity index is 519. The van der Waals surface area contributed by atoms with Crippen molar-refractivity contribution in [3.8, 4) is 0 Å². The van der Waals surface area contributed by atoms with Gasteiger partial charge in [0.2, 0.25) is 5.91 Å². The number of carbonyl (C=O) groups excluding carboxylic acids is 1. The first-order valence-corrected chi connectivity index (χ1v) is 6.81. The van der Waals surface area contributed by atoms with E-state index < -0.39 is 5.97 Å². The highest BCUT2D eigenvalue weighted by molar-refractivity contribution is 9.10. The van der Waals surface area contributed by atoms with Crippen molar-refractivity contribution in [3.05, 3.63) is 22.7 Å². The number of rotatable bonds is 3. The Morgan fingerprint density at radius 3 is 2.84 bits per heavy atom. The van der Waals surface area contributed by atoms with Gasteiger partial charge in [0.25, 0.3) is 0 Å². The minimum Gasteiger partial charge on any atom is -0.481 e. The Hall–Kier alpha value is -1.56. The molecule has 1 heterocycles. The molecule has 1 aliphatic heterocycles. The lowest BCUT2D eigenvalue weighted by Gasteiger charge is -2.25. The summed E-state index contributed by atoms with van der Waals surface area (Å²) in [6.45, 7) is 0.944. The maximum atomic E-state index is 11.9. The Kier molecular flexibility index (Phi) is 4.09. The molecule has 0 aliphatic carbocycles. The van der Waals surface area contributed by atoms with Crippen molar-refractivity contribution in [3.63, 3.8) is 0 Å². The average molecular weight is 327 g/mol. The first kappa shape index (κ1) is 13.9. The molecule has 0 spiro atoms. The first-order chi connectivity index (χ1) is 8.99. The van der Waals surface area contributed by atoms with Gasteiger partial charge in [-0.25, -0.2) is 0 Å². The summed E-state index contributed by atoms with van der Waals surface area (Å²) in [5.41, 5.74) is 1.71. The van der Waals surface area contributed by atoms with Gasteiger partial charge in [-0.1, -0.05) is 15.9 Å². The Morgan fingerprint density at radius 1 is 1.42 bits per heavy atom. The number of benzene rings is 1. The SMILES string of the molecule is CN1C(=O)CCN(CCC(=O)O)c2cc(Br)ccc21. The Labute approximate surface area is 119 Å². The van der Waals surface area contributed by atoms with E-state index in [0.29, 0.717) is 19.5 Å². The number of nitrogens with zero attached hydrogens (tertiary/aromatic N) is 2. The highest BCUT2D eigenvalue weighted by atomic mass is 79.9. The largest absolute Gasteiger partial charge is 0.481 e. The van der Waals surface area contributed by atoms with Crippen molar-refractivity contribution in [2.45, 2.75) is 12.8 Å². The fourth-order valence-electron chi connectivity index (χ4n) is 2.15. The predicted molar refractivity (Wildman–Crippen MR) is 76.6 cm³/mol. The van der Waals surface area contributed by atoms with Crippen LogP contribution in [-0.4, -0.2) is 37.1 Å². The minimum absolute atomic E-state index is 0.0430. The first-order valence-electron chi connectivity index (χ1n) is 6.02. The van der Waals surface area contributed by atoms with E-state index in [1.165, 1.54) is 0 Å². The van der Waals surface area contributed by atoms with Crippen LogP contribution in [0.25, 0.3) is 0 Å². The van der Waals surface area contributed by atoms with Crippen LogP contribution in [0.15, 0.2) is 22.7 Å². The quantitative estimate of drug-likeness (QED) is 0.924. The van der Waals surface area contributed by atoms with Crippen LogP contribution in [0.4, 0.5) is 11.4 Å². The molecular weight excluding hydrogens is 312 g/mol. The maximum Gasteiger partial charge on any atom is 0.305 e. The third-order valence-corrected chi connectivity index (χ3v) is 3.70. The van der Waals surface area contributed by atoms with Gasteiger partial charge in [0.05, 0.1) is 17.8 Å². The van der Waals surface area contributed by atoms with Gasteiger partial charge in [0.1, 0.15) is 0 Å². The number of fused-ring (bicyclic) bond motifs is 1. The summed E-state index contributed by atoms with van der Waals surface area (Å²) >= 11 is 3.41. The van der Waals surface area contributed by atoms with Crippen LogP contribution >= 0.6 is 15.9 Å². The molecule has 1 aliphatic rings. The molecule has 102 valence electrons. The lowest BCUT2D eigenvalue weighted by atomic mass is 10.2. The molecule has 6 heteroatoms.